The van der Waals surface area contributed by atoms with Crippen LogP contribution in [-0.4, -0.2) is 29.6 Å². The summed E-state index contributed by atoms with van der Waals surface area (Å²) in [7, 11) is 0. The van der Waals surface area contributed by atoms with Crippen LogP contribution in [0.4, 0.5) is 4.79 Å². The molecule has 0 aromatic heterocycles. The maximum absolute atomic E-state index is 11.9. The molecule has 0 fully saturated rings. The molecule has 106 valence electrons. The summed E-state index contributed by atoms with van der Waals surface area (Å²) in [6.45, 7) is 1.91. The first kappa shape index (κ1) is 14.1. The second-order valence-electron chi connectivity index (χ2n) is 4.54. The summed E-state index contributed by atoms with van der Waals surface area (Å²) in [5.74, 6) is -0.345. The van der Waals surface area contributed by atoms with E-state index in [4.69, 9.17) is 9.47 Å². The highest BCUT2D eigenvalue weighted by molar-refractivity contribution is 5.69. The van der Waals surface area contributed by atoms with E-state index < -0.39 is 6.09 Å². The van der Waals surface area contributed by atoms with Gasteiger partial charge in [0.1, 0.15) is 12.7 Å². The standard InChI is InChI=1S/C15H17NO4/c1-12(17)20-14-8-5-9-16(10-14)15(18)19-11-13-6-3-2-4-7-13/h2-7,9,14H,8,10-11H2,1H3/t14-/m0/s1. The molecule has 0 aliphatic carbocycles. The highest BCUT2D eigenvalue weighted by Gasteiger charge is 2.23. The Hall–Kier alpha value is -2.30. The Morgan fingerprint density at radius 3 is 2.75 bits per heavy atom. The average Bonchev–Trinajstić information content (AvgIpc) is 2.45. The molecular weight excluding hydrogens is 258 g/mol. The molecule has 5 heteroatoms. The van der Waals surface area contributed by atoms with Crippen molar-refractivity contribution in [2.45, 2.75) is 26.1 Å². The lowest BCUT2D eigenvalue weighted by atomic mass is 10.2. The molecule has 2 rings (SSSR count). The number of nitrogens with zero attached hydrogens (tertiary/aromatic N) is 1. The number of benzene rings is 1. The van der Waals surface area contributed by atoms with Gasteiger partial charge in [-0.15, -0.1) is 0 Å². The Labute approximate surface area is 117 Å². The molecule has 1 heterocycles. The molecule has 1 aromatic rings. The minimum absolute atomic E-state index is 0.224. The normalized spacial score (nSPS) is 17.6. The summed E-state index contributed by atoms with van der Waals surface area (Å²) in [5.41, 5.74) is 0.929. The molecule has 0 radical (unpaired) electrons. The number of amides is 1. The molecule has 20 heavy (non-hydrogen) atoms. The zero-order valence-electron chi connectivity index (χ0n) is 11.3. The van der Waals surface area contributed by atoms with Gasteiger partial charge in [-0.25, -0.2) is 4.79 Å². The SMILES string of the molecule is CC(=O)O[C@H]1CC=CN(C(=O)OCc2ccccc2)C1. The van der Waals surface area contributed by atoms with Crippen molar-refractivity contribution in [3.05, 3.63) is 48.2 Å². The molecule has 0 N–H and O–H groups in total. The van der Waals surface area contributed by atoms with E-state index in [1.165, 1.54) is 11.8 Å². The van der Waals surface area contributed by atoms with E-state index in [0.29, 0.717) is 13.0 Å². The molecule has 0 spiro atoms. The molecule has 1 atom stereocenters. The first-order valence-electron chi connectivity index (χ1n) is 6.46. The number of rotatable bonds is 3. The van der Waals surface area contributed by atoms with Crippen molar-refractivity contribution in [1.29, 1.82) is 0 Å². The zero-order valence-corrected chi connectivity index (χ0v) is 11.3. The van der Waals surface area contributed by atoms with E-state index in [1.807, 2.05) is 30.3 Å². The minimum atomic E-state index is -0.443. The van der Waals surface area contributed by atoms with E-state index in [1.54, 1.807) is 12.3 Å². The zero-order chi connectivity index (χ0) is 14.4. The van der Waals surface area contributed by atoms with Crippen LogP contribution in [0.3, 0.4) is 0 Å². The van der Waals surface area contributed by atoms with Gasteiger partial charge in [-0.2, -0.15) is 0 Å². The Balaban J connectivity index is 1.84. The Kier molecular flexibility index (Phi) is 4.76. The predicted octanol–water partition coefficient (Wildman–Crippen LogP) is 2.47. The second-order valence-corrected chi connectivity index (χ2v) is 4.54. The van der Waals surface area contributed by atoms with Gasteiger partial charge in [0.2, 0.25) is 0 Å². The van der Waals surface area contributed by atoms with Crippen molar-refractivity contribution < 1.29 is 19.1 Å². The topological polar surface area (TPSA) is 55.8 Å². The third kappa shape index (κ3) is 4.12. The first-order chi connectivity index (χ1) is 9.65. The molecule has 1 aliphatic rings. The molecule has 0 saturated heterocycles. The number of hydrogen-bond donors (Lipinski definition) is 0. The molecule has 1 aromatic carbocycles. The summed E-state index contributed by atoms with van der Waals surface area (Å²) in [5, 5.41) is 0. The summed E-state index contributed by atoms with van der Waals surface area (Å²) in [4.78, 5) is 24.2. The van der Waals surface area contributed by atoms with Gasteiger partial charge in [0.05, 0.1) is 6.54 Å². The Morgan fingerprint density at radius 2 is 2.05 bits per heavy atom. The lowest BCUT2D eigenvalue weighted by Crippen LogP contribution is -2.38. The second kappa shape index (κ2) is 6.75. The summed E-state index contributed by atoms with van der Waals surface area (Å²) < 4.78 is 10.3. The summed E-state index contributed by atoms with van der Waals surface area (Å²) >= 11 is 0. The molecular formula is C15H17NO4. The Bertz CT molecular complexity index is 498. The van der Waals surface area contributed by atoms with Gasteiger partial charge >= 0.3 is 12.1 Å². The third-order valence-electron chi connectivity index (χ3n) is 2.86. The fourth-order valence-electron chi connectivity index (χ4n) is 1.95. The van der Waals surface area contributed by atoms with Crippen LogP contribution >= 0.6 is 0 Å². The van der Waals surface area contributed by atoms with Crippen LogP contribution in [0.5, 0.6) is 0 Å². The van der Waals surface area contributed by atoms with Crippen LogP contribution in [0, 0.1) is 0 Å². The number of hydrogen-bond acceptors (Lipinski definition) is 4. The molecule has 0 saturated carbocycles. The molecule has 5 nitrogen and oxygen atoms in total. The molecule has 0 unspecified atom stereocenters. The maximum atomic E-state index is 11.9. The van der Waals surface area contributed by atoms with Crippen molar-refractivity contribution in [2.75, 3.05) is 6.54 Å². The van der Waals surface area contributed by atoms with E-state index >= 15 is 0 Å². The van der Waals surface area contributed by atoms with Gasteiger partial charge in [-0.3, -0.25) is 9.69 Å². The minimum Gasteiger partial charge on any atom is -0.460 e. The van der Waals surface area contributed by atoms with Crippen LogP contribution in [0.2, 0.25) is 0 Å². The highest BCUT2D eigenvalue weighted by Crippen LogP contribution is 2.13. The average molecular weight is 275 g/mol. The third-order valence-corrected chi connectivity index (χ3v) is 2.86. The van der Waals surface area contributed by atoms with E-state index in [2.05, 4.69) is 0 Å². The van der Waals surface area contributed by atoms with Crippen LogP contribution < -0.4 is 0 Å². The number of ether oxygens (including phenoxy) is 2. The smallest absolute Gasteiger partial charge is 0.414 e. The van der Waals surface area contributed by atoms with Crippen molar-refractivity contribution in [3.63, 3.8) is 0 Å². The van der Waals surface area contributed by atoms with Crippen LogP contribution in [0.25, 0.3) is 0 Å². The van der Waals surface area contributed by atoms with Crippen LogP contribution in [0.15, 0.2) is 42.6 Å². The Morgan fingerprint density at radius 1 is 1.30 bits per heavy atom. The van der Waals surface area contributed by atoms with Gasteiger partial charge in [-0.1, -0.05) is 36.4 Å². The van der Waals surface area contributed by atoms with E-state index in [-0.39, 0.29) is 18.7 Å². The lowest BCUT2D eigenvalue weighted by molar-refractivity contribution is -0.146. The summed E-state index contributed by atoms with van der Waals surface area (Å²) in [6, 6.07) is 9.46. The summed E-state index contributed by atoms with van der Waals surface area (Å²) in [6.07, 6.45) is 3.32. The molecule has 1 amide bonds. The van der Waals surface area contributed by atoms with Gasteiger partial charge in [0.15, 0.2) is 0 Å². The van der Waals surface area contributed by atoms with Crippen molar-refractivity contribution in [3.8, 4) is 0 Å². The highest BCUT2D eigenvalue weighted by atomic mass is 16.6. The number of carbonyl (C=O) groups is 2. The lowest BCUT2D eigenvalue weighted by Gasteiger charge is -2.26. The van der Waals surface area contributed by atoms with Crippen molar-refractivity contribution in [2.24, 2.45) is 0 Å². The van der Waals surface area contributed by atoms with Gasteiger partial charge in [-0.05, 0) is 5.56 Å². The van der Waals surface area contributed by atoms with Gasteiger partial charge < -0.3 is 9.47 Å². The number of carbonyl (C=O) groups excluding carboxylic acids is 2. The quantitative estimate of drug-likeness (QED) is 0.795. The van der Waals surface area contributed by atoms with Crippen LogP contribution in [0.1, 0.15) is 18.9 Å². The monoisotopic (exact) mass is 275 g/mol. The van der Waals surface area contributed by atoms with Gasteiger partial charge in [0.25, 0.3) is 0 Å². The largest absolute Gasteiger partial charge is 0.460 e. The van der Waals surface area contributed by atoms with E-state index in [0.717, 1.165) is 5.56 Å². The van der Waals surface area contributed by atoms with Crippen molar-refractivity contribution in [1.82, 2.24) is 4.90 Å². The first-order valence-corrected chi connectivity index (χ1v) is 6.46. The van der Waals surface area contributed by atoms with Crippen LogP contribution in [-0.2, 0) is 20.9 Å². The fraction of sp³-hybridized carbons (Fsp3) is 0.333. The number of esters is 1. The van der Waals surface area contributed by atoms with E-state index in [9.17, 15) is 9.59 Å². The van der Waals surface area contributed by atoms with Gasteiger partial charge in [0, 0.05) is 19.5 Å². The maximum Gasteiger partial charge on any atom is 0.414 e. The predicted molar refractivity (Wildman–Crippen MR) is 72.6 cm³/mol. The fourth-order valence-corrected chi connectivity index (χ4v) is 1.95. The molecule has 0 bridgehead atoms. The van der Waals surface area contributed by atoms with Crippen molar-refractivity contribution >= 4 is 12.1 Å². The molecule has 1 aliphatic heterocycles.